The number of halogens is 1. The lowest BCUT2D eigenvalue weighted by Crippen LogP contribution is -2.24. The third-order valence-electron chi connectivity index (χ3n) is 3.84. The molecule has 2 N–H and O–H groups in total. The first-order valence-electron chi connectivity index (χ1n) is 6.80. The standard InChI is InChI=1S/C15H18FN3O2/c1-8-14(15(20-3)19(2)18-8)13-7-11(17)10-5-4-9(16)6-12(10)21-13/h4-6,11,13H,7,17H2,1-3H3/t11-,13?/m0/s1. The molecule has 112 valence electrons. The molecule has 21 heavy (non-hydrogen) atoms. The van der Waals surface area contributed by atoms with Crippen LogP contribution in [0.15, 0.2) is 18.2 Å². The molecule has 0 spiro atoms. The molecule has 6 heteroatoms. The fraction of sp³-hybridized carbons (Fsp3) is 0.400. The largest absolute Gasteiger partial charge is 0.485 e. The minimum Gasteiger partial charge on any atom is -0.485 e. The van der Waals surface area contributed by atoms with Gasteiger partial charge in [0, 0.05) is 31.1 Å². The third kappa shape index (κ3) is 2.25. The molecule has 0 amide bonds. The number of hydrogen-bond acceptors (Lipinski definition) is 4. The molecular weight excluding hydrogens is 273 g/mol. The van der Waals surface area contributed by atoms with Crippen molar-refractivity contribution in [1.82, 2.24) is 9.78 Å². The Morgan fingerprint density at radius 1 is 1.48 bits per heavy atom. The van der Waals surface area contributed by atoms with Gasteiger partial charge in [-0.25, -0.2) is 9.07 Å². The molecule has 0 radical (unpaired) electrons. The predicted molar refractivity (Wildman–Crippen MR) is 75.8 cm³/mol. The van der Waals surface area contributed by atoms with E-state index >= 15 is 0 Å². The van der Waals surface area contributed by atoms with E-state index in [1.54, 1.807) is 17.9 Å². The molecule has 0 fully saturated rings. The summed E-state index contributed by atoms with van der Waals surface area (Å²) < 4.78 is 26.4. The summed E-state index contributed by atoms with van der Waals surface area (Å²) >= 11 is 0. The van der Waals surface area contributed by atoms with Crippen LogP contribution >= 0.6 is 0 Å². The van der Waals surface area contributed by atoms with Crippen molar-refractivity contribution < 1.29 is 13.9 Å². The summed E-state index contributed by atoms with van der Waals surface area (Å²) in [5.74, 6) is 0.796. The van der Waals surface area contributed by atoms with Crippen molar-refractivity contribution in [3.63, 3.8) is 0 Å². The van der Waals surface area contributed by atoms with Crippen LogP contribution in [0.4, 0.5) is 4.39 Å². The normalized spacial score (nSPS) is 20.8. The van der Waals surface area contributed by atoms with E-state index in [1.165, 1.54) is 12.1 Å². The highest BCUT2D eigenvalue weighted by molar-refractivity contribution is 5.42. The first-order valence-corrected chi connectivity index (χ1v) is 6.80. The summed E-state index contributed by atoms with van der Waals surface area (Å²) in [7, 11) is 3.40. The second-order valence-electron chi connectivity index (χ2n) is 5.26. The van der Waals surface area contributed by atoms with E-state index in [1.807, 2.05) is 14.0 Å². The molecule has 2 atom stereocenters. The van der Waals surface area contributed by atoms with Crippen molar-refractivity contribution in [1.29, 1.82) is 0 Å². The Labute approximate surface area is 122 Å². The topological polar surface area (TPSA) is 62.3 Å². The molecule has 1 unspecified atom stereocenters. The second kappa shape index (κ2) is 5.04. The van der Waals surface area contributed by atoms with Gasteiger partial charge in [-0.3, -0.25) is 0 Å². The van der Waals surface area contributed by atoms with Gasteiger partial charge >= 0.3 is 0 Å². The van der Waals surface area contributed by atoms with E-state index < -0.39 is 0 Å². The molecule has 2 aromatic rings. The van der Waals surface area contributed by atoms with Crippen molar-refractivity contribution in [2.75, 3.05) is 7.11 Å². The van der Waals surface area contributed by atoms with Crippen molar-refractivity contribution in [3.05, 3.63) is 40.8 Å². The number of hydrogen-bond donors (Lipinski definition) is 1. The molecule has 0 saturated carbocycles. The summed E-state index contributed by atoms with van der Waals surface area (Å²) in [5, 5.41) is 4.35. The number of fused-ring (bicyclic) bond motifs is 1. The van der Waals surface area contributed by atoms with E-state index in [-0.39, 0.29) is 18.0 Å². The molecule has 1 aromatic carbocycles. The molecule has 3 rings (SSSR count). The Morgan fingerprint density at radius 3 is 2.95 bits per heavy atom. The molecule has 1 aliphatic heterocycles. The zero-order chi connectivity index (χ0) is 15.1. The van der Waals surface area contributed by atoms with Crippen molar-refractivity contribution >= 4 is 0 Å². The highest BCUT2D eigenvalue weighted by Gasteiger charge is 2.32. The Balaban J connectivity index is 2.03. The monoisotopic (exact) mass is 291 g/mol. The van der Waals surface area contributed by atoms with E-state index in [2.05, 4.69) is 5.10 Å². The zero-order valence-corrected chi connectivity index (χ0v) is 12.3. The molecule has 5 nitrogen and oxygen atoms in total. The van der Waals surface area contributed by atoms with Crippen LogP contribution in [0, 0.1) is 12.7 Å². The summed E-state index contributed by atoms with van der Waals surface area (Å²) in [5.41, 5.74) is 8.72. The average Bonchev–Trinajstić information content (AvgIpc) is 2.71. The maximum atomic E-state index is 13.4. The number of benzene rings is 1. The summed E-state index contributed by atoms with van der Waals surface area (Å²) in [6.45, 7) is 1.90. The van der Waals surface area contributed by atoms with Crippen molar-refractivity contribution in [3.8, 4) is 11.6 Å². The third-order valence-corrected chi connectivity index (χ3v) is 3.84. The van der Waals surface area contributed by atoms with Crippen molar-refractivity contribution in [2.45, 2.75) is 25.5 Å². The maximum absolute atomic E-state index is 13.4. The van der Waals surface area contributed by atoms with E-state index in [0.29, 0.717) is 18.1 Å². The summed E-state index contributed by atoms with van der Waals surface area (Å²) in [6, 6.07) is 4.25. The van der Waals surface area contributed by atoms with Crippen LogP contribution in [0.1, 0.15) is 35.4 Å². The highest BCUT2D eigenvalue weighted by Crippen LogP contribution is 2.43. The number of aromatic nitrogens is 2. The Morgan fingerprint density at radius 2 is 2.24 bits per heavy atom. The minimum absolute atomic E-state index is 0.205. The van der Waals surface area contributed by atoms with E-state index in [4.69, 9.17) is 15.2 Å². The van der Waals surface area contributed by atoms with Crippen LogP contribution in [0.25, 0.3) is 0 Å². The second-order valence-corrected chi connectivity index (χ2v) is 5.26. The maximum Gasteiger partial charge on any atom is 0.218 e. The molecule has 0 aliphatic carbocycles. The molecule has 1 aliphatic rings. The lowest BCUT2D eigenvalue weighted by molar-refractivity contribution is 0.156. The van der Waals surface area contributed by atoms with Crippen LogP contribution < -0.4 is 15.2 Å². The lowest BCUT2D eigenvalue weighted by Gasteiger charge is -2.30. The van der Waals surface area contributed by atoms with E-state index in [9.17, 15) is 4.39 Å². The number of ether oxygens (including phenoxy) is 2. The first-order chi connectivity index (χ1) is 10.0. The van der Waals surface area contributed by atoms with Crippen LogP contribution in [0.2, 0.25) is 0 Å². The van der Waals surface area contributed by atoms with Gasteiger partial charge < -0.3 is 15.2 Å². The lowest BCUT2D eigenvalue weighted by atomic mass is 9.93. The van der Waals surface area contributed by atoms with Crippen LogP contribution in [0.3, 0.4) is 0 Å². The van der Waals surface area contributed by atoms with Crippen LogP contribution in [-0.4, -0.2) is 16.9 Å². The van der Waals surface area contributed by atoms with Gasteiger partial charge in [0.1, 0.15) is 17.7 Å². The fourth-order valence-corrected chi connectivity index (χ4v) is 2.92. The summed E-state index contributed by atoms with van der Waals surface area (Å²) in [6.07, 6.45) is 0.305. The average molecular weight is 291 g/mol. The molecule has 1 aromatic heterocycles. The number of methoxy groups -OCH3 is 1. The Bertz CT molecular complexity index is 684. The Hall–Kier alpha value is -2.08. The molecule has 0 saturated heterocycles. The molecule has 0 bridgehead atoms. The number of aryl methyl sites for hydroxylation is 2. The SMILES string of the molecule is COc1c(C2C[C@H](N)c3ccc(F)cc3O2)c(C)nn1C. The van der Waals surface area contributed by atoms with Gasteiger partial charge in [-0.2, -0.15) is 5.10 Å². The molecule has 2 heterocycles. The van der Waals surface area contributed by atoms with Gasteiger partial charge in [-0.15, -0.1) is 0 Å². The van der Waals surface area contributed by atoms with Gasteiger partial charge in [0.25, 0.3) is 0 Å². The summed E-state index contributed by atoms with van der Waals surface area (Å²) in [4.78, 5) is 0. The van der Waals surface area contributed by atoms with Crippen LogP contribution in [-0.2, 0) is 7.05 Å². The minimum atomic E-state index is -0.337. The smallest absolute Gasteiger partial charge is 0.218 e. The van der Waals surface area contributed by atoms with Crippen molar-refractivity contribution in [2.24, 2.45) is 12.8 Å². The number of nitrogens with two attached hydrogens (primary N) is 1. The van der Waals surface area contributed by atoms with Gasteiger partial charge in [0.2, 0.25) is 5.88 Å². The predicted octanol–water partition coefficient (Wildman–Crippen LogP) is 2.40. The quantitative estimate of drug-likeness (QED) is 0.923. The highest BCUT2D eigenvalue weighted by atomic mass is 19.1. The van der Waals surface area contributed by atoms with E-state index in [0.717, 1.165) is 16.8 Å². The van der Waals surface area contributed by atoms with Gasteiger partial charge in [0.15, 0.2) is 0 Å². The molecular formula is C15H18FN3O2. The Kier molecular flexibility index (Phi) is 3.33. The van der Waals surface area contributed by atoms with Gasteiger partial charge in [0.05, 0.1) is 18.4 Å². The van der Waals surface area contributed by atoms with Crippen LogP contribution in [0.5, 0.6) is 11.6 Å². The first kappa shape index (κ1) is 13.9. The number of nitrogens with zero attached hydrogens (tertiary/aromatic N) is 2. The number of rotatable bonds is 2. The fourth-order valence-electron chi connectivity index (χ4n) is 2.92. The zero-order valence-electron chi connectivity index (χ0n) is 12.3. The van der Waals surface area contributed by atoms with Gasteiger partial charge in [-0.05, 0) is 13.0 Å². The van der Waals surface area contributed by atoms with Gasteiger partial charge in [-0.1, -0.05) is 6.07 Å².